The summed E-state index contributed by atoms with van der Waals surface area (Å²) in [6.07, 6.45) is -4.57. The first-order valence-corrected chi connectivity index (χ1v) is 10.5. The maximum atomic E-state index is 13.4. The van der Waals surface area contributed by atoms with E-state index in [4.69, 9.17) is 20.9 Å². The Kier molecular flexibility index (Phi) is 5.28. The van der Waals surface area contributed by atoms with Gasteiger partial charge in [-0.3, -0.25) is 14.5 Å². The van der Waals surface area contributed by atoms with Crippen LogP contribution in [-0.4, -0.2) is 35.0 Å². The van der Waals surface area contributed by atoms with E-state index in [9.17, 15) is 22.8 Å². The van der Waals surface area contributed by atoms with Crippen molar-refractivity contribution in [1.82, 2.24) is 10.1 Å². The van der Waals surface area contributed by atoms with E-state index < -0.39 is 23.6 Å². The van der Waals surface area contributed by atoms with Crippen LogP contribution in [-0.2, 0) is 6.18 Å². The molecule has 0 aliphatic carbocycles. The molecule has 0 spiro atoms. The fraction of sp³-hybridized carbons (Fsp3) is 0.125. The number of alkyl halides is 3. The lowest BCUT2D eigenvalue weighted by Gasteiger charge is -2.15. The highest BCUT2D eigenvalue weighted by molar-refractivity contribution is 6.36. The highest BCUT2D eigenvalue weighted by atomic mass is 35.5. The summed E-state index contributed by atoms with van der Waals surface area (Å²) in [6.45, 7) is -0.0596. The summed E-state index contributed by atoms with van der Waals surface area (Å²) in [4.78, 5) is 26.0. The Morgan fingerprint density at radius 2 is 1.53 bits per heavy atom. The summed E-state index contributed by atoms with van der Waals surface area (Å²) < 4.78 is 51.2. The fourth-order valence-corrected chi connectivity index (χ4v) is 4.14. The molecule has 0 atom stereocenters. The number of nitrogens with zero attached hydrogens (tertiary/aromatic N) is 2. The molecule has 6 nitrogen and oxygen atoms in total. The highest BCUT2D eigenvalue weighted by Gasteiger charge is 2.36. The predicted molar refractivity (Wildman–Crippen MR) is 117 cm³/mol. The molecule has 172 valence electrons. The van der Waals surface area contributed by atoms with Crippen molar-refractivity contribution in [3.05, 3.63) is 82.4 Å². The van der Waals surface area contributed by atoms with Crippen LogP contribution < -0.4 is 4.74 Å². The maximum Gasteiger partial charge on any atom is 0.417 e. The number of ether oxygens (including phenoxy) is 1. The largest absolute Gasteiger partial charge is 0.490 e. The van der Waals surface area contributed by atoms with Gasteiger partial charge in [0.25, 0.3) is 11.8 Å². The number of fused-ring (bicyclic) bond motifs is 2. The standard InChI is InChI=1S/C24H14ClF3N2O4/c25-19-18(33-12-11-30-22(31)13-5-1-2-6-14(13)23(30)32)10-9-16-20(29-34-21(16)19)15-7-3-4-8-17(15)24(26,27)28/h1-10H,11-12H2. The monoisotopic (exact) mass is 486 g/mol. The number of carbonyl (C=O) groups is 2. The second-order valence-electron chi connectivity index (χ2n) is 7.48. The number of hydrogen-bond acceptors (Lipinski definition) is 5. The number of amides is 2. The molecule has 1 aliphatic rings. The zero-order valence-corrected chi connectivity index (χ0v) is 18.0. The smallest absolute Gasteiger partial charge is 0.417 e. The maximum absolute atomic E-state index is 13.4. The van der Waals surface area contributed by atoms with Crippen LogP contribution in [0.3, 0.4) is 0 Å². The van der Waals surface area contributed by atoms with E-state index in [1.807, 2.05) is 0 Å². The Labute approximate surface area is 195 Å². The third-order valence-electron chi connectivity index (χ3n) is 5.48. The Bertz CT molecular complexity index is 1410. The average Bonchev–Trinajstić information content (AvgIpc) is 3.36. The summed E-state index contributed by atoms with van der Waals surface area (Å²) >= 11 is 6.37. The van der Waals surface area contributed by atoms with Crippen LogP contribution in [0.25, 0.3) is 22.2 Å². The summed E-state index contributed by atoms with van der Waals surface area (Å²) in [7, 11) is 0. The van der Waals surface area contributed by atoms with Crippen LogP contribution in [0.1, 0.15) is 26.3 Å². The Hall–Kier alpha value is -3.85. The SMILES string of the molecule is O=C1c2ccccc2C(=O)N1CCOc1ccc2c(-c3ccccc3C(F)(F)F)noc2c1Cl. The molecule has 0 radical (unpaired) electrons. The van der Waals surface area contributed by atoms with Gasteiger partial charge in [-0.1, -0.05) is 47.1 Å². The van der Waals surface area contributed by atoms with E-state index in [-0.39, 0.29) is 46.2 Å². The lowest BCUT2D eigenvalue weighted by Crippen LogP contribution is -2.33. The summed E-state index contributed by atoms with van der Waals surface area (Å²) in [5, 5.41) is 4.12. The molecule has 4 aromatic rings. The molecule has 0 N–H and O–H groups in total. The van der Waals surface area contributed by atoms with Crippen molar-refractivity contribution in [2.45, 2.75) is 6.18 Å². The third kappa shape index (κ3) is 3.58. The van der Waals surface area contributed by atoms with Gasteiger partial charge in [-0.2, -0.15) is 13.2 Å². The Morgan fingerprint density at radius 3 is 2.18 bits per heavy atom. The number of rotatable bonds is 5. The molecule has 5 rings (SSSR count). The molecule has 1 aromatic heterocycles. The average molecular weight is 487 g/mol. The molecule has 34 heavy (non-hydrogen) atoms. The van der Waals surface area contributed by atoms with Crippen molar-refractivity contribution in [3.8, 4) is 17.0 Å². The Morgan fingerprint density at radius 1 is 0.912 bits per heavy atom. The molecule has 1 aliphatic heterocycles. The molecule has 2 amide bonds. The predicted octanol–water partition coefficient (Wildman–Crippen LogP) is 5.84. The number of halogens is 4. The zero-order valence-electron chi connectivity index (χ0n) is 17.2. The topological polar surface area (TPSA) is 72.6 Å². The molecule has 0 fully saturated rings. The molecule has 10 heteroatoms. The van der Waals surface area contributed by atoms with Gasteiger partial charge in [-0.05, 0) is 30.3 Å². The molecule has 2 heterocycles. The van der Waals surface area contributed by atoms with Crippen molar-refractivity contribution in [2.24, 2.45) is 0 Å². The van der Waals surface area contributed by atoms with E-state index in [1.165, 1.54) is 30.3 Å². The number of imide groups is 1. The Balaban J connectivity index is 1.37. The van der Waals surface area contributed by atoms with Crippen molar-refractivity contribution in [3.63, 3.8) is 0 Å². The first-order chi connectivity index (χ1) is 16.3. The van der Waals surface area contributed by atoms with E-state index in [2.05, 4.69) is 5.16 Å². The third-order valence-corrected chi connectivity index (χ3v) is 5.84. The number of hydrogen-bond donors (Lipinski definition) is 0. The van der Waals surface area contributed by atoms with Gasteiger partial charge in [0.15, 0.2) is 5.58 Å². The number of benzene rings is 3. The molecular formula is C24H14ClF3N2O4. The minimum atomic E-state index is -4.57. The van der Waals surface area contributed by atoms with Crippen LogP contribution in [0.15, 0.2) is 65.2 Å². The second kappa shape index (κ2) is 8.18. The van der Waals surface area contributed by atoms with Crippen molar-refractivity contribution in [1.29, 1.82) is 0 Å². The first kappa shape index (κ1) is 22.0. The van der Waals surface area contributed by atoms with Gasteiger partial charge in [-0.25, -0.2) is 0 Å². The molecule has 0 bridgehead atoms. The highest BCUT2D eigenvalue weighted by Crippen LogP contribution is 2.42. The summed E-state index contributed by atoms with van der Waals surface area (Å²) in [6, 6.07) is 14.5. The molecule has 3 aromatic carbocycles. The van der Waals surface area contributed by atoms with Gasteiger partial charge in [0.1, 0.15) is 23.1 Å². The van der Waals surface area contributed by atoms with E-state index in [0.29, 0.717) is 11.1 Å². The van der Waals surface area contributed by atoms with Crippen LogP contribution in [0.2, 0.25) is 5.02 Å². The molecule has 0 saturated carbocycles. The number of aromatic nitrogens is 1. The fourth-order valence-electron chi connectivity index (χ4n) is 3.89. The summed E-state index contributed by atoms with van der Waals surface area (Å²) in [5.41, 5.74) is -0.249. The normalized spacial score (nSPS) is 13.6. The van der Waals surface area contributed by atoms with E-state index in [0.717, 1.165) is 11.0 Å². The van der Waals surface area contributed by atoms with Gasteiger partial charge >= 0.3 is 6.18 Å². The molecule has 0 unspecified atom stereocenters. The van der Waals surface area contributed by atoms with Gasteiger partial charge in [0, 0.05) is 5.56 Å². The van der Waals surface area contributed by atoms with Gasteiger partial charge in [0.05, 0.1) is 28.6 Å². The number of carbonyl (C=O) groups excluding carboxylic acids is 2. The van der Waals surface area contributed by atoms with Gasteiger partial charge in [0.2, 0.25) is 0 Å². The van der Waals surface area contributed by atoms with Gasteiger partial charge in [-0.15, -0.1) is 0 Å². The lowest BCUT2D eigenvalue weighted by molar-refractivity contribution is -0.137. The molecule has 0 saturated heterocycles. The van der Waals surface area contributed by atoms with E-state index >= 15 is 0 Å². The second-order valence-corrected chi connectivity index (χ2v) is 7.86. The quantitative estimate of drug-likeness (QED) is 0.331. The van der Waals surface area contributed by atoms with Crippen molar-refractivity contribution < 1.29 is 32.0 Å². The van der Waals surface area contributed by atoms with Crippen LogP contribution in [0.4, 0.5) is 13.2 Å². The van der Waals surface area contributed by atoms with Crippen LogP contribution in [0, 0.1) is 0 Å². The van der Waals surface area contributed by atoms with Crippen molar-refractivity contribution in [2.75, 3.05) is 13.2 Å². The summed E-state index contributed by atoms with van der Waals surface area (Å²) in [5.74, 6) is -0.638. The lowest BCUT2D eigenvalue weighted by atomic mass is 10.0. The van der Waals surface area contributed by atoms with Crippen molar-refractivity contribution >= 4 is 34.4 Å². The first-order valence-electron chi connectivity index (χ1n) is 10.1. The van der Waals surface area contributed by atoms with Crippen LogP contribution in [0.5, 0.6) is 5.75 Å². The molecular weight excluding hydrogens is 473 g/mol. The van der Waals surface area contributed by atoms with Gasteiger partial charge < -0.3 is 9.26 Å². The van der Waals surface area contributed by atoms with E-state index in [1.54, 1.807) is 24.3 Å². The van der Waals surface area contributed by atoms with Crippen LogP contribution >= 0.6 is 11.6 Å². The minimum absolute atomic E-state index is 0.00222. The zero-order chi connectivity index (χ0) is 24.0. The minimum Gasteiger partial charge on any atom is -0.490 e.